The summed E-state index contributed by atoms with van der Waals surface area (Å²) in [5.74, 6) is -0.273. The molecule has 0 aromatic heterocycles. The second-order valence-corrected chi connectivity index (χ2v) is 8.46. The number of methoxy groups -OCH3 is 1. The lowest BCUT2D eigenvalue weighted by molar-refractivity contribution is -0.137. The molecule has 0 aliphatic carbocycles. The Labute approximate surface area is 181 Å². The molecule has 0 unspecified atom stereocenters. The van der Waals surface area contributed by atoms with E-state index >= 15 is 0 Å². The fourth-order valence-electron chi connectivity index (χ4n) is 5.03. The first-order valence-corrected chi connectivity index (χ1v) is 10.7. The number of hydrogen-bond donors (Lipinski definition) is 1. The van der Waals surface area contributed by atoms with Gasteiger partial charge >= 0.3 is 0 Å². The van der Waals surface area contributed by atoms with Crippen LogP contribution in [0.3, 0.4) is 0 Å². The van der Waals surface area contributed by atoms with Crippen LogP contribution in [-0.4, -0.2) is 48.6 Å². The molecule has 5 rings (SSSR count). The summed E-state index contributed by atoms with van der Waals surface area (Å²) >= 11 is 0. The quantitative estimate of drug-likeness (QED) is 0.701. The molecule has 6 nitrogen and oxygen atoms in total. The molecule has 3 aliphatic heterocycles. The first-order valence-electron chi connectivity index (χ1n) is 10.7. The van der Waals surface area contributed by atoms with Gasteiger partial charge in [-0.25, -0.2) is 0 Å². The van der Waals surface area contributed by atoms with Crippen molar-refractivity contribution in [1.82, 2.24) is 10.2 Å². The maximum Gasteiger partial charge on any atom is 0.230 e. The highest BCUT2D eigenvalue weighted by molar-refractivity contribution is 5.93. The largest absolute Gasteiger partial charge is 0.497 e. The Bertz CT molecular complexity index is 1000. The molecule has 2 amide bonds. The predicted octanol–water partition coefficient (Wildman–Crippen LogP) is 2.34. The number of rotatable bonds is 7. The molecular weight excluding hydrogens is 392 g/mol. The maximum atomic E-state index is 13.3. The summed E-state index contributed by atoms with van der Waals surface area (Å²) in [6.07, 6.45) is 4.40. The molecule has 160 valence electrons. The van der Waals surface area contributed by atoms with Crippen molar-refractivity contribution in [3.63, 3.8) is 0 Å². The zero-order valence-electron chi connectivity index (χ0n) is 17.5. The summed E-state index contributed by atoms with van der Waals surface area (Å²) < 4.78 is 11.4. The van der Waals surface area contributed by atoms with E-state index in [9.17, 15) is 9.59 Å². The molecule has 0 radical (unpaired) electrons. The van der Waals surface area contributed by atoms with Gasteiger partial charge in [-0.1, -0.05) is 54.6 Å². The van der Waals surface area contributed by atoms with E-state index in [0.29, 0.717) is 19.6 Å². The molecule has 2 fully saturated rings. The van der Waals surface area contributed by atoms with Crippen LogP contribution in [0.1, 0.15) is 11.1 Å². The molecule has 3 heterocycles. The van der Waals surface area contributed by atoms with Crippen LogP contribution in [0.15, 0.2) is 66.7 Å². The monoisotopic (exact) mass is 418 g/mol. The van der Waals surface area contributed by atoms with E-state index in [4.69, 9.17) is 9.47 Å². The third-order valence-electron chi connectivity index (χ3n) is 6.62. The van der Waals surface area contributed by atoms with Crippen molar-refractivity contribution >= 4 is 11.8 Å². The average molecular weight is 418 g/mol. The number of benzene rings is 2. The molecule has 1 N–H and O–H groups in total. The molecule has 6 heteroatoms. The lowest BCUT2D eigenvalue weighted by atomic mass is 9.77. The number of fused-ring (bicyclic) bond motifs is 1. The Morgan fingerprint density at radius 2 is 1.94 bits per heavy atom. The molecule has 3 aliphatic rings. The van der Waals surface area contributed by atoms with Crippen molar-refractivity contribution in [2.24, 2.45) is 11.8 Å². The summed E-state index contributed by atoms with van der Waals surface area (Å²) in [6, 6.07) is 17.7. The van der Waals surface area contributed by atoms with E-state index in [2.05, 4.69) is 17.4 Å². The maximum absolute atomic E-state index is 13.3. The van der Waals surface area contributed by atoms with Gasteiger partial charge in [-0.3, -0.25) is 9.59 Å². The first-order chi connectivity index (χ1) is 15.1. The van der Waals surface area contributed by atoms with Crippen LogP contribution in [0, 0.1) is 11.8 Å². The zero-order valence-corrected chi connectivity index (χ0v) is 17.5. The average Bonchev–Trinajstić information content (AvgIpc) is 3.45. The van der Waals surface area contributed by atoms with Gasteiger partial charge in [-0.15, -0.1) is 0 Å². The highest BCUT2D eigenvalue weighted by atomic mass is 16.5. The van der Waals surface area contributed by atoms with Crippen LogP contribution in [0.4, 0.5) is 0 Å². The standard InChI is InChI=1S/C25H26N2O4/c1-30-19-9-7-18(8-10-19)15-26-23(28)21-20-11-13-25(31-20)16-27(24(29)22(21)25)14-12-17-5-3-2-4-6-17/h2-11,13,20-22H,12,14-16H2,1H3,(H,26,28)/t20-,21+,22+,25-/m0/s1. The number of likely N-dealkylation sites (tertiary alicyclic amines) is 1. The SMILES string of the molecule is COc1ccc(CNC(=O)[C@@H]2[C@@H]3C=C[C@@]4(CN(CCc5ccccc5)C(=O)[C@@H]24)O3)cc1. The van der Waals surface area contributed by atoms with Crippen LogP contribution >= 0.6 is 0 Å². The van der Waals surface area contributed by atoms with Crippen molar-refractivity contribution < 1.29 is 19.1 Å². The Hall–Kier alpha value is -3.12. The van der Waals surface area contributed by atoms with Crippen LogP contribution in [0.25, 0.3) is 0 Å². The summed E-state index contributed by atoms with van der Waals surface area (Å²) in [5.41, 5.74) is 1.51. The van der Waals surface area contributed by atoms with Crippen molar-refractivity contribution in [3.05, 3.63) is 77.9 Å². The molecule has 2 aromatic carbocycles. The smallest absolute Gasteiger partial charge is 0.230 e. The summed E-state index contributed by atoms with van der Waals surface area (Å²) in [5, 5.41) is 3.00. The lowest BCUT2D eigenvalue weighted by Crippen LogP contribution is -2.44. The molecule has 31 heavy (non-hydrogen) atoms. The minimum atomic E-state index is -0.666. The zero-order chi connectivity index (χ0) is 21.4. The van der Waals surface area contributed by atoms with Crippen molar-refractivity contribution in [1.29, 1.82) is 0 Å². The molecule has 4 atom stereocenters. The fraction of sp³-hybridized carbons (Fsp3) is 0.360. The van der Waals surface area contributed by atoms with Crippen LogP contribution in [-0.2, 0) is 27.3 Å². The van der Waals surface area contributed by atoms with Gasteiger partial charge in [-0.05, 0) is 29.7 Å². The van der Waals surface area contributed by atoms with E-state index in [-0.39, 0.29) is 17.9 Å². The van der Waals surface area contributed by atoms with Gasteiger partial charge < -0.3 is 19.7 Å². The molecular formula is C25H26N2O4. The fourth-order valence-corrected chi connectivity index (χ4v) is 5.03. The normalized spacial score (nSPS) is 28.1. The summed E-state index contributed by atoms with van der Waals surface area (Å²) in [6.45, 7) is 1.54. The van der Waals surface area contributed by atoms with E-state index < -0.39 is 17.4 Å². The van der Waals surface area contributed by atoms with E-state index in [1.165, 1.54) is 5.56 Å². The van der Waals surface area contributed by atoms with Gasteiger partial charge in [0.15, 0.2) is 0 Å². The second-order valence-electron chi connectivity index (χ2n) is 8.46. The van der Waals surface area contributed by atoms with Gasteiger partial charge in [-0.2, -0.15) is 0 Å². The number of hydrogen-bond acceptors (Lipinski definition) is 4. The van der Waals surface area contributed by atoms with E-state index in [0.717, 1.165) is 17.7 Å². The van der Waals surface area contributed by atoms with Gasteiger partial charge in [0, 0.05) is 13.1 Å². The first kappa shape index (κ1) is 19.8. The van der Waals surface area contributed by atoms with Crippen molar-refractivity contribution in [3.8, 4) is 5.75 Å². The highest BCUT2D eigenvalue weighted by Crippen LogP contribution is 2.51. The second kappa shape index (κ2) is 7.85. The van der Waals surface area contributed by atoms with Crippen molar-refractivity contribution in [2.45, 2.75) is 24.7 Å². The van der Waals surface area contributed by atoms with Crippen LogP contribution in [0.5, 0.6) is 5.75 Å². The number of carbonyl (C=O) groups is 2. The van der Waals surface area contributed by atoms with Crippen LogP contribution in [0.2, 0.25) is 0 Å². The highest BCUT2D eigenvalue weighted by Gasteiger charge is 2.66. The molecule has 2 bridgehead atoms. The number of amides is 2. The van der Waals surface area contributed by atoms with Gasteiger partial charge in [0.05, 0.1) is 31.6 Å². The Kier molecular flexibility index (Phi) is 5.02. The Morgan fingerprint density at radius 3 is 2.68 bits per heavy atom. The minimum Gasteiger partial charge on any atom is -0.497 e. The topological polar surface area (TPSA) is 67.9 Å². The molecule has 0 saturated carbocycles. The van der Waals surface area contributed by atoms with E-state index in [1.54, 1.807) is 7.11 Å². The molecule has 2 saturated heterocycles. The Balaban J connectivity index is 1.25. The summed E-state index contributed by atoms with van der Waals surface area (Å²) in [7, 11) is 1.62. The number of ether oxygens (including phenoxy) is 2. The lowest BCUT2D eigenvalue weighted by Gasteiger charge is -2.23. The molecule has 2 aromatic rings. The van der Waals surface area contributed by atoms with Gasteiger partial charge in [0.25, 0.3) is 0 Å². The summed E-state index contributed by atoms with van der Waals surface area (Å²) in [4.78, 5) is 28.2. The number of carbonyl (C=O) groups excluding carboxylic acids is 2. The van der Waals surface area contributed by atoms with Gasteiger partial charge in [0.2, 0.25) is 11.8 Å². The van der Waals surface area contributed by atoms with Gasteiger partial charge in [0.1, 0.15) is 11.4 Å². The predicted molar refractivity (Wildman–Crippen MR) is 115 cm³/mol. The molecule has 1 spiro atoms. The van der Waals surface area contributed by atoms with Crippen molar-refractivity contribution in [2.75, 3.05) is 20.2 Å². The van der Waals surface area contributed by atoms with Crippen LogP contribution < -0.4 is 10.1 Å². The number of nitrogens with one attached hydrogen (secondary N) is 1. The number of nitrogens with zero attached hydrogens (tertiary/aromatic N) is 1. The minimum absolute atomic E-state index is 0.0207. The van der Waals surface area contributed by atoms with E-state index in [1.807, 2.05) is 59.5 Å². The third-order valence-corrected chi connectivity index (χ3v) is 6.62. The third kappa shape index (κ3) is 3.51. The Morgan fingerprint density at radius 1 is 1.16 bits per heavy atom.